The predicted molar refractivity (Wildman–Crippen MR) is 92.5 cm³/mol. The van der Waals surface area contributed by atoms with Crippen LogP contribution in [0.15, 0.2) is 48.7 Å². The van der Waals surface area contributed by atoms with Gasteiger partial charge in [-0.3, -0.25) is 9.69 Å². The van der Waals surface area contributed by atoms with Crippen LogP contribution in [-0.2, 0) is 17.9 Å². The van der Waals surface area contributed by atoms with Gasteiger partial charge in [-0.25, -0.2) is 4.98 Å². The topological polar surface area (TPSA) is 45.7 Å². The molecule has 5 nitrogen and oxygen atoms in total. The van der Waals surface area contributed by atoms with E-state index >= 15 is 0 Å². The number of hydrogen-bond donors (Lipinski definition) is 0. The molecule has 0 unspecified atom stereocenters. The molecular weight excluding hydrogens is 302 g/mol. The van der Waals surface area contributed by atoms with Crippen LogP contribution in [0.4, 0.5) is 0 Å². The quantitative estimate of drug-likeness (QED) is 0.818. The van der Waals surface area contributed by atoms with E-state index in [1.54, 1.807) is 13.3 Å². The Labute approximate surface area is 142 Å². The zero-order valence-electron chi connectivity index (χ0n) is 14.2. The van der Waals surface area contributed by atoms with Crippen molar-refractivity contribution in [3.05, 3.63) is 59.8 Å². The van der Waals surface area contributed by atoms with Crippen LogP contribution in [-0.4, -0.2) is 47.4 Å². The van der Waals surface area contributed by atoms with Crippen LogP contribution < -0.4 is 4.74 Å². The highest BCUT2D eigenvalue weighted by atomic mass is 16.5. The first-order chi connectivity index (χ1) is 11.7. The normalized spacial score (nSPS) is 17.5. The Balaban J connectivity index is 1.64. The van der Waals surface area contributed by atoms with Gasteiger partial charge in [-0.15, -0.1) is 0 Å². The number of likely N-dealkylation sites (tertiary alicyclic amines) is 1. The molecule has 1 amide bonds. The second kappa shape index (κ2) is 7.45. The zero-order valence-corrected chi connectivity index (χ0v) is 14.2. The van der Waals surface area contributed by atoms with Gasteiger partial charge in [0.1, 0.15) is 0 Å². The van der Waals surface area contributed by atoms with Gasteiger partial charge in [-0.1, -0.05) is 36.4 Å². The SMILES string of the molecule is COc1ncccc1CN(C)[C@@H]1CCN(Cc2ccccc2)C1=O. The average molecular weight is 325 g/mol. The van der Waals surface area contributed by atoms with E-state index in [1.807, 2.05) is 42.3 Å². The van der Waals surface area contributed by atoms with E-state index < -0.39 is 0 Å². The molecule has 1 atom stereocenters. The van der Waals surface area contributed by atoms with Crippen LogP contribution in [0.25, 0.3) is 0 Å². The molecule has 2 heterocycles. The lowest BCUT2D eigenvalue weighted by Crippen LogP contribution is -2.39. The summed E-state index contributed by atoms with van der Waals surface area (Å²) in [5, 5.41) is 0. The minimum atomic E-state index is -0.0846. The van der Waals surface area contributed by atoms with Crippen LogP contribution in [0.1, 0.15) is 17.5 Å². The highest BCUT2D eigenvalue weighted by molar-refractivity contribution is 5.83. The molecule has 2 aromatic rings. The van der Waals surface area contributed by atoms with Gasteiger partial charge in [0.25, 0.3) is 0 Å². The molecule has 126 valence electrons. The van der Waals surface area contributed by atoms with Crippen molar-refractivity contribution in [1.29, 1.82) is 0 Å². The Morgan fingerprint density at radius 2 is 2.04 bits per heavy atom. The van der Waals surface area contributed by atoms with E-state index in [1.165, 1.54) is 5.56 Å². The van der Waals surface area contributed by atoms with Crippen molar-refractivity contribution in [2.24, 2.45) is 0 Å². The monoisotopic (exact) mass is 325 g/mol. The van der Waals surface area contributed by atoms with Gasteiger partial charge in [0.15, 0.2) is 0 Å². The first kappa shape index (κ1) is 16.5. The van der Waals surface area contributed by atoms with E-state index in [4.69, 9.17) is 4.74 Å². The Kier molecular flexibility index (Phi) is 5.11. The number of nitrogens with zero attached hydrogens (tertiary/aromatic N) is 3. The van der Waals surface area contributed by atoms with Crippen molar-refractivity contribution in [3.8, 4) is 5.88 Å². The van der Waals surface area contributed by atoms with Gasteiger partial charge in [0.2, 0.25) is 11.8 Å². The van der Waals surface area contributed by atoms with E-state index in [-0.39, 0.29) is 11.9 Å². The summed E-state index contributed by atoms with van der Waals surface area (Å²) in [6, 6.07) is 13.9. The lowest BCUT2D eigenvalue weighted by atomic mass is 10.2. The Bertz CT molecular complexity index is 690. The summed E-state index contributed by atoms with van der Waals surface area (Å²) < 4.78 is 5.30. The summed E-state index contributed by atoms with van der Waals surface area (Å²) in [5.74, 6) is 0.820. The lowest BCUT2D eigenvalue weighted by molar-refractivity contribution is -0.132. The Hall–Kier alpha value is -2.40. The van der Waals surface area contributed by atoms with Crippen molar-refractivity contribution >= 4 is 5.91 Å². The maximum Gasteiger partial charge on any atom is 0.240 e. The molecule has 1 aromatic carbocycles. The number of aromatic nitrogens is 1. The highest BCUT2D eigenvalue weighted by Gasteiger charge is 2.34. The molecule has 24 heavy (non-hydrogen) atoms. The van der Waals surface area contributed by atoms with Gasteiger partial charge in [-0.05, 0) is 25.1 Å². The number of benzene rings is 1. The number of ether oxygens (including phenoxy) is 1. The lowest BCUT2D eigenvalue weighted by Gasteiger charge is -2.24. The summed E-state index contributed by atoms with van der Waals surface area (Å²) in [6.45, 7) is 2.12. The molecule has 0 N–H and O–H groups in total. The van der Waals surface area contributed by atoms with Crippen molar-refractivity contribution < 1.29 is 9.53 Å². The molecular formula is C19H23N3O2. The zero-order chi connectivity index (χ0) is 16.9. The van der Waals surface area contributed by atoms with Crippen LogP contribution in [0.3, 0.4) is 0 Å². The number of rotatable bonds is 6. The van der Waals surface area contributed by atoms with E-state index in [0.717, 1.165) is 18.5 Å². The number of pyridine rings is 1. The largest absolute Gasteiger partial charge is 0.481 e. The van der Waals surface area contributed by atoms with Gasteiger partial charge in [0.05, 0.1) is 13.2 Å². The van der Waals surface area contributed by atoms with Crippen LogP contribution in [0.2, 0.25) is 0 Å². The fourth-order valence-corrected chi connectivity index (χ4v) is 3.20. The number of carbonyl (C=O) groups is 1. The highest BCUT2D eigenvalue weighted by Crippen LogP contribution is 2.22. The third-order valence-corrected chi connectivity index (χ3v) is 4.48. The maximum absolute atomic E-state index is 12.7. The van der Waals surface area contributed by atoms with Gasteiger partial charge in [0, 0.05) is 31.4 Å². The molecule has 0 aliphatic carbocycles. The minimum Gasteiger partial charge on any atom is -0.481 e. The Morgan fingerprint density at radius 3 is 2.79 bits per heavy atom. The molecule has 1 fully saturated rings. The van der Waals surface area contributed by atoms with Crippen molar-refractivity contribution in [3.63, 3.8) is 0 Å². The third-order valence-electron chi connectivity index (χ3n) is 4.48. The standard InChI is InChI=1S/C19H23N3O2/c1-21(14-16-9-6-11-20-18(16)24-2)17-10-12-22(19(17)23)13-15-7-4-3-5-8-15/h3-9,11,17H,10,12-14H2,1-2H3/t17-/m1/s1. The van der Waals surface area contributed by atoms with Gasteiger partial charge in [-0.2, -0.15) is 0 Å². The fraction of sp³-hybridized carbons (Fsp3) is 0.368. The van der Waals surface area contributed by atoms with Gasteiger partial charge < -0.3 is 9.64 Å². The van der Waals surface area contributed by atoms with Crippen molar-refractivity contribution in [2.45, 2.75) is 25.6 Å². The number of amides is 1. The summed E-state index contributed by atoms with van der Waals surface area (Å²) in [4.78, 5) is 21.0. The average Bonchev–Trinajstić information content (AvgIpc) is 2.97. The van der Waals surface area contributed by atoms with Crippen molar-refractivity contribution in [2.75, 3.05) is 20.7 Å². The van der Waals surface area contributed by atoms with Crippen LogP contribution in [0.5, 0.6) is 5.88 Å². The molecule has 1 aromatic heterocycles. The number of hydrogen-bond acceptors (Lipinski definition) is 4. The molecule has 1 saturated heterocycles. The number of methoxy groups -OCH3 is 1. The first-order valence-electron chi connectivity index (χ1n) is 8.20. The predicted octanol–water partition coefficient (Wildman–Crippen LogP) is 2.32. The molecule has 5 heteroatoms. The van der Waals surface area contributed by atoms with Crippen LogP contribution >= 0.6 is 0 Å². The third kappa shape index (κ3) is 3.57. The maximum atomic E-state index is 12.7. The summed E-state index contributed by atoms with van der Waals surface area (Å²) >= 11 is 0. The summed E-state index contributed by atoms with van der Waals surface area (Å²) in [5.41, 5.74) is 2.17. The molecule has 3 rings (SSSR count). The van der Waals surface area contributed by atoms with Crippen molar-refractivity contribution in [1.82, 2.24) is 14.8 Å². The molecule has 0 bridgehead atoms. The van der Waals surface area contributed by atoms with Crippen LogP contribution in [0, 0.1) is 0 Å². The first-order valence-corrected chi connectivity index (χ1v) is 8.20. The van der Waals surface area contributed by atoms with Gasteiger partial charge >= 0.3 is 0 Å². The second-order valence-electron chi connectivity index (χ2n) is 6.14. The smallest absolute Gasteiger partial charge is 0.240 e. The van der Waals surface area contributed by atoms with E-state index in [0.29, 0.717) is 19.0 Å². The number of carbonyl (C=O) groups excluding carboxylic acids is 1. The number of likely N-dealkylation sites (N-methyl/N-ethyl adjacent to an activating group) is 1. The minimum absolute atomic E-state index is 0.0846. The second-order valence-corrected chi connectivity index (χ2v) is 6.14. The van der Waals surface area contributed by atoms with E-state index in [9.17, 15) is 4.79 Å². The molecule has 1 aliphatic heterocycles. The van der Waals surface area contributed by atoms with E-state index in [2.05, 4.69) is 22.0 Å². The summed E-state index contributed by atoms with van der Waals surface area (Å²) in [7, 11) is 3.61. The molecule has 0 spiro atoms. The summed E-state index contributed by atoms with van der Waals surface area (Å²) in [6.07, 6.45) is 2.56. The molecule has 0 saturated carbocycles. The Morgan fingerprint density at radius 1 is 1.25 bits per heavy atom. The fourth-order valence-electron chi connectivity index (χ4n) is 3.20. The molecule has 1 aliphatic rings. The molecule has 0 radical (unpaired) electrons.